The number of carbonyl (C=O) groups is 2. The van der Waals surface area contributed by atoms with Gasteiger partial charge in [-0.1, -0.05) is 13.8 Å². The van der Waals surface area contributed by atoms with Crippen LogP contribution in [-0.4, -0.2) is 24.8 Å². The average molecular weight is 212 g/mol. The molecule has 3 heteroatoms. The van der Waals surface area contributed by atoms with Crippen LogP contribution in [0.1, 0.15) is 34.1 Å². The highest BCUT2D eigenvalue weighted by Gasteiger charge is 2.52. The number of hydrogen-bond donors (Lipinski definition) is 0. The van der Waals surface area contributed by atoms with Crippen LogP contribution < -0.4 is 0 Å². The molecule has 3 unspecified atom stereocenters. The molecule has 0 spiro atoms. The van der Waals surface area contributed by atoms with Crippen LogP contribution >= 0.6 is 0 Å². The van der Waals surface area contributed by atoms with E-state index in [-0.39, 0.29) is 22.9 Å². The van der Waals surface area contributed by atoms with Gasteiger partial charge in [0, 0.05) is 13.0 Å². The van der Waals surface area contributed by atoms with E-state index >= 15 is 0 Å². The Bertz CT molecular complexity index is 281. The predicted octanol–water partition coefficient (Wildman–Crippen LogP) is 1.84. The number of rotatable bonds is 5. The first kappa shape index (κ1) is 12.4. The fraction of sp³-hybridized carbons (Fsp3) is 0.833. The van der Waals surface area contributed by atoms with Gasteiger partial charge in [0.15, 0.2) is 5.78 Å². The van der Waals surface area contributed by atoms with E-state index in [0.717, 1.165) is 6.42 Å². The molecule has 0 aromatic rings. The largest absolute Gasteiger partial charge is 0.374 e. The smallest absolute Gasteiger partial charge is 0.171 e. The Morgan fingerprint density at radius 3 is 2.13 bits per heavy atom. The van der Waals surface area contributed by atoms with Crippen molar-refractivity contribution in [3.63, 3.8) is 0 Å². The molecule has 1 aliphatic rings. The Kier molecular flexibility index (Phi) is 3.34. The Morgan fingerprint density at radius 1 is 1.33 bits per heavy atom. The van der Waals surface area contributed by atoms with Gasteiger partial charge in [-0.25, -0.2) is 0 Å². The highest BCUT2D eigenvalue weighted by atomic mass is 16.5. The number of hydrogen-bond acceptors (Lipinski definition) is 3. The first-order valence-electron chi connectivity index (χ1n) is 5.41. The maximum absolute atomic E-state index is 11.9. The zero-order valence-corrected chi connectivity index (χ0v) is 10.2. The van der Waals surface area contributed by atoms with Gasteiger partial charge in [0.2, 0.25) is 0 Å². The van der Waals surface area contributed by atoms with Crippen LogP contribution in [0.3, 0.4) is 0 Å². The molecule has 0 amide bonds. The van der Waals surface area contributed by atoms with Crippen molar-refractivity contribution in [1.82, 2.24) is 0 Å². The quantitative estimate of drug-likeness (QED) is 0.653. The maximum Gasteiger partial charge on any atom is 0.171 e. The molecule has 1 fully saturated rings. The van der Waals surface area contributed by atoms with Crippen LogP contribution in [0.25, 0.3) is 0 Å². The van der Waals surface area contributed by atoms with Gasteiger partial charge in [0.1, 0.15) is 11.9 Å². The van der Waals surface area contributed by atoms with Gasteiger partial charge in [-0.3, -0.25) is 9.59 Å². The number of ketones is 2. The SMILES string of the molecule is COC(C)C(=O)C(C)C(=O)C1CC1(C)C. The van der Waals surface area contributed by atoms with Crippen LogP contribution in [-0.2, 0) is 14.3 Å². The van der Waals surface area contributed by atoms with Crippen molar-refractivity contribution in [2.75, 3.05) is 7.11 Å². The fourth-order valence-corrected chi connectivity index (χ4v) is 1.86. The first-order valence-corrected chi connectivity index (χ1v) is 5.41. The van der Waals surface area contributed by atoms with Gasteiger partial charge in [-0.15, -0.1) is 0 Å². The zero-order chi connectivity index (χ0) is 11.8. The van der Waals surface area contributed by atoms with Crippen LogP contribution in [0, 0.1) is 17.3 Å². The van der Waals surface area contributed by atoms with E-state index < -0.39 is 12.0 Å². The third-order valence-corrected chi connectivity index (χ3v) is 3.46. The van der Waals surface area contributed by atoms with Crippen LogP contribution in [0.15, 0.2) is 0 Å². The van der Waals surface area contributed by atoms with Gasteiger partial charge < -0.3 is 4.74 Å². The molecule has 0 bridgehead atoms. The second-order valence-electron chi connectivity index (χ2n) is 5.15. The number of carbonyl (C=O) groups excluding carboxylic acids is 2. The van der Waals surface area contributed by atoms with E-state index in [1.807, 2.05) is 0 Å². The highest BCUT2D eigenvalue weighted by Crippen LogP contribution is 2.53. The molecule has 0 saturated heterocycles. The molecule has 86 valence electrons. The molecule has 0 aromatic carbocycles. The molecule has 1 saturated carbocycles. The molecule has 0 heterocycles. The summed E-state index contributed by atoms with van der Waals surface area (Å²) in [5.74, 6) is -0.480. The van der Waals surface area contributed by atoms with Crippen LogP contribution in [0.2, 0.25) is 0 Å². The van der Waals surface area contributed by atoms with E-state index in [9.17, 15) is 9.59 Å². The summed E-state index contributed by atoms with van der Waals surface area (Å²) in [6.07, 6.45) is 0.427. The minimum absolute atomic E-state index is 0.0699. The fourth-order valence-electron chi connectivity index (χ4n) is 1.86. The molecule has 0 N–H and O–H groups in total. The van der Waals surface area contributed by atoms with Gasteiger partial charge >= 0.3 is 0 Å². The molecule has 0 aliphatic heterocycles. The van der Waals surface area contributed by atoms with E-state index in [2.05, 4.69) is 13.8 Å². The summed E-state index contributed by atoms with van der Waals surface area (Å²) in [6.45, 7) is 7.50. The summed E-state index contributed by atoms with van der Waals surface area (Å²) < 4.78 is 4.93. The van der Waals surface area contributed by atoms with Gasteiger partial charge in [-0.05, 0) is 25.7 Å². The molecular weight excluding hydrogens is 192 g/mol. The summed E-state index contributed by atoms with van der Waals surface area (Å²) in [5, 5.41) is 0. The second kappa shape index (κ2) is 4.05. The van der Waals surface area contributed by atoms with Crippen molar-refractivity contribution in [3.05, 3.63) is 0 Å². The lowest BCUT2D eigenvalue weighted by atomic mass is 9.92. The van der Waals surface area contributed by atoms with Gasteiger partial charge in [-0.2, -0.15) is 0 Å². The van der Waals surface area contributed by atoms with Crippen molar-refractivity contribution in [1.29, 1.82) is 0 Å². The molecular formula is C12H20O3. The summed E-state index contributed by atoms with van der Waals surface area (Å²) >= 11 is 0. The second-order valence-corrected chi connectivity index (χ2v) is 5.15. The van der Waals surface area contributed by atoms with Crippen LogP contribution in [0.5, 0.6) is 0 Å². The Morgan fingerprint density at radius 2 is 1.80 bits per heavy atom. The Balaban J connectivity index is 2.58. The number of Topliss-reactive ketones (excluding diaryl/α,β-unsaturated/α-hetero) is 2. The lowest BCUT2D eigenvalue weighted by Crippen LogP contribution is -2.32. The zero-order valence-electron chi connectivity index (χ0n) is 10.2. The molecule has 1 rings (SSSR count). The number of methoxy groups -OCH3 is 1. The topological polar surface area (TPSA) is 43.4 Å². The molecule has 3 atom stereocenters. The third-order valence-electron chi connectivity index (χ3n) is 3.46. The van der Waals surface area contributed by atoms with Crippen molar-refractivity contribution >= 4 is 11.6 Å². The molecule has 3 nitrogen and oxygen atoms in total. The third kappa shape index (κ3) is 2.46. The average Bonchev–Trinajstić information content (AvgIpc) is 2.83. The van der Waals surface area contributed by atoms with Crippen molar-refractivity contribution < 1.29 is 14.3 Å². The number of ether oxygens (including phenoxy) is 1. The molecule has 0 radical (unpaired) electrons. The van der Waals surface area contributed by atoms with E-state index in [4.69, 9.17) is 4.74 Å². The first-order chi connectivity index (χ1) is 6.81. The Labute approximate surface area is 91.2 Å². The molecule has 15 heavy (non-hydrogen) atoms. The molecule has 1 aliphatic carbocycles. The summed E-state index contributed by atoms with van der Waals surface area (Å²) in [5.41, 5.74) is 0.0991. The van der Waals surface area contributed by atoms with Crippen LogP contribution in [0.4, 0.5) is 0 Å². The van der Waals surface area contributed by atoms with E-state index in [1.165, 1.54) is 7.11 Å². The lowest BCUT2D eigenvalue weighted by molar-refractivity contribution is -0.138. The normalized spacial score (nSPS) is 26.9. The lowest BCUT2D eigenvalue weighted by Gasteiger charge is -2.14. The standard InChI is InChI=1S/C12H20O3/c1-7(10(13)8(2)15-5)11(14)9-6-12(9,3)4/h7-9H,6H2,1-5H3. The van der Waals surface area contributed by atoms with Gasteiger partial charge in [0.05, 0.1) is 5.92 Å². The summed E-state index contributed by atoms with van der Waals surface area (Å²) in [7, 11) is 1.49. The van der Waals surface area contributed by atoms with Crippen molar-refractivity contribution in [2.24, 2.45) is 17.3 Å². The predicted molar refractivity (Wildman–Crippen MR) is 57.5 cm³/mol. The van der Waals surface area contributed by atoms with E-state index in [1.54, 1.807) is 13.8 Å². The minimum Gasteiger partial charge on any atom is -0.374 e. The summed E-state index contributed by atoms with van der Waals surface area (Å²) in [6, 6.07) is 0. The van der Waals surface area contributed by atoms with E-state index in [0.29, 0.717) is 0 Å². The highest BCUT2D eigenvalue weighted by molar-refractivity contribution is 6.05. The maximum atomic E-state index is 11.9. The van der Waals surface area contributed by atoms with Crippen molar-refractivity contribution in [3.8, 4) is 0 Å². The monoisotopic (exact) mass is 212 g/mol. The van der Waals surface area contributed by atoms with Gasteiger partial charge in [0.25, 0.3) is 0 Å². The Hall–Kier alpha value is -0.700. The summed E-state index contributed by atoms with van der Waals surface area (Å²) in [4.78, 5) is 23.6. The van der Waals surface area contributed by atoms with Crippen molar-refractivity contribution in [2.45, 2.75) is 40.2 Å². The minimum atomic E-state index is -0.522. The molecule has 0 aromatic heterocycles.